The fourth-order valence-electron chi connectivity index (χ4n) is 2.97. The minimum absolute atomic E-state index is 0.333. The molecule has 140 valence electrons. The third-order valence-corrected chi connectivity index (χ3v) is 5.31. The molecule has 0 bridgehead atoms. The van der Waals surface area contributed by atoms with Gasteiger partial charge in [0, 0.05) is 51.0 Å². The fraction of sp³-hybridized carbons (Fsp3) is 0.0476. The molecular weight excluding hydrogens is 377 g/mol. The van der Waals surface area contributed by atoms with E-state index >= 15 is 0 Å². The number of rotatable bonds is 4. The molecule has 0 aliphatic carbocycles. The molecule has 0 spiro atoms. The molecule has 0 aliphatic rings. The van der Waals surface area contributed by atoms with E-state index < -0.39 is 10.8 Å². The molecule has 1 unspecified atom stereocenters. The molecule has 0 saturated carbocycles. The van der Waals surface area contributed by atoms with Crippen molar-refractivity contribution in [1.82, 2.24) is 14.7 Å². The topological polar surface area (TPSA) is 68.0 Å². The lowest BCUT2D eigenvalue weighted by molar-refractivity contribution is 0.195. The summed E-state index contributed by atoms with van der Waals surface area (Å²) in [5.74, 6) is -0.0133. The molecule has 4 rings (SSSR count). The Labute approximate surface area is 163 Å². The molecule has 0 amide bonds. The van der Waals surface area contributed by atoms with Crippen LogP contribution in [0.4, 0.5) is 4.39 Å². The lowest BCUT2D eigenvalue weighted by atomic mass is 10.1. The number of pyridine rings is 1. The maximum atomic E-state index is 13.4. The Morgan fingerprint density at radius 1 is 0.893 bits per heavy atom. The van der Waals surface area contributed by atoms with E-state index in [1.807, 2.05) is 0 Å². The van der Waals surface area contributed by atoms with Crippen LogP contribution in [0.5, 0.6) is 0 Å². The zero-order valence-electron chi connectivity index (χ0n) is 14.9. The molecule has 28 heavy (non-hydrogen) atoms. The summed E-state index contributed by atoms with van der Waals surface area (Å²) in [6.07, 6.45) is 4.86. The number of benzene rings is 2. The zero-order chi connectivity index (χ0) is 19.7. The number of hydrogen-bond donors (Lipinski definition) is 1. The van der Waals surface area contributed by atoms with Gasteiger partial charge in [-0.3, -0.25) is 9.19 Å². The van der Waals surface area contributed by atoms with Gasteiger partial charge in [-0.2, -0.15) is 4.73 Å². The molecule has 2 heterocycles. The summed E-state index contributed by atoms with van der Waals surface area (Å²) in [5, 5.41) is 10.9. The van der Waals surface area contributed by atoms with Gasteiger partial charge in [0.25, 0.3) is 0 Å². The average Bonchev–Trinajstić information content (AvgIpc) is 3.06. The summed E-state index contributed by atoms with van der Waals surface area (Å²) in [4.78, 5) is 9.33. The second kappa shape index (κ2) is 7.36. The van der Waals surface area contributed by atoms with Crippen LogP contribution >= 0.6 is 0 Å². The van der Waals surface area contributed by atoms with Gasteiger partial charge in [0.15, 0.2) is 5.82 Å². The molecule has 1 N–H and O–H groups in total. The van der Waals surface area contributed by atoms with Crippen molar-refractivity contribution in [3.8, 4) is 33.9 Å². The first-order chi connectivity index (χ1) is 13.5. The standard InChI is InChI=1S/C21H16FN3O2S/c1-28(27)18-8-4-16(5-9-18)21-24-19(14-2-6-17(22)7-3-14)20(25(21)26)15-10-12-23-13-11-15/h2-13,26H,1H3. The van der Waals surface area contributed by atoms with Crippen LogP contribution in [0, 0.1) is 5.82 Å². The molecule has 1 atom stereocenters. The highest BCUT2D eigenvalue weighted by molar-refractivity contribution is 7.84. The van der Waals surface area contributed by atoms with Crippen LogP contribution in [0.15, 0.2) is 78.0 Å². The summed E-state index contributed by atoms with van der Waals surface area (Å²) in [5.41, 5.74) is 3.06. The number of imidazole rings is 1. The largest absolute Gasteiger partial charge is 0.426 e. The second-order valence-corrected chi connectivity index (χ2v) is 7.55. The van der Waals surface area contributed by atoms with Crippen molar-refractivity contribution in [2.45, 2.75) is 4.90 Å². The smallest absolute Gasteiger partial charge is 0.176 e. The van der Waals surface area contributed by atoms with Crippen LogP contribution in [-0.4, -0.2) is 30.4 Å². The number of hydrogen-bond acceptors (Lipinski definition) is 4. The van der Waals surface area contributed by atoms with E-state index in [1.165, 1.54) is 12.1 Å². The first-order valence-corrected chi connectivity index (χ1v) is 10.0. The molecule has 2 aromatic heterocycles. The summed E-state index contributed by atoms with van der Waals surface area (Å²) in [6.45, 7) is 0. The van der Waals surface area contributed by atoms with Gasteiger partial charge >= 0.3 is 0 Å². The predicted octanol–water partition coefficient (Wildman–Crippen LogP) is 4.39. The van der Waals surface area contributed by atoms with Gasteiger partial charge in [-0.15, -0.1) is 0 Å². The van der Waals surface area contributed by atoms with Gasteiger partial charge < -0.3 is 5.21 Å². The van der Waals surface area contributed by atoms with Crippen molar-refractivity contribution in [3.05, 3.63) is 78.9 Å². The van der Waals surface area contributed by atoms with Gasteiger partial charge in [-0.25, -0.2) is 9.37 Å². The molecule has 2 aromatic carbocycles. The lowest BCUT2D eigenvalue weighted by Crippen LogP contribution is -1.98. The number of halogens is 1. The lowest BCUT2D eigenvalue weighted by Gasteiger charge is -2.06. The van der Waals surface area contributed by atoms with E-state index in [9.17, 15) is 13.8 Å². The van der Waals surface area contributed by atoms with E-state index in [-0.39, 0.29) is 5.82 Å². The van der Waals surface area contributed by atoms with Crippen LogP contribution in [0.2, 0.25) is 0 Å². The monoisotopic (exact) mass is 393 g/mol. The first-order valence-electron chi connectivity index (χ1n) is 8.47. The van der Waals surface area contributed by atoms with E-state index in [0.29, 0.717) is 33.2 Å². The summed E-state index contributed by atoms with van der Waals surface area (Å²) >= 11 is 0. The number of aromatic nitrogens is 3. The van der Waals surface area contributed by atoms with Crippen molar-refractivity contribution in [3.63, 3.8) is 0 Å². The molecular formula is C21H16FN3O2S. The van der Waals surface area contributed by atoms with E-state index in [0.717, 1.165) is 10.3 Å². The van der Waals surface area contributed by atoms with Crippen molar-refractivity contribution in [1.29, 1.82) is 0 Å². The van der Waals surface area contributed by atoms with Crippen LogP contribution in [0.1, 0.15) is 0 Å². The van der Waals surface area contributed by atoms with Gasteiger partial charge in [0.1, 0.15) is 17.2 Å². The Hall–Kier alpha value is -3.32. The van der Waals surface area contributed by atoms with Gasteiger partial charge in [0.2, 0.25) is 0 Å². The van der Waals surface area contributed by atoms with Gasteiger partial charge in [-0.05, 0) is 60.7 Å². The van der Waals surface area contributed by atoms with Crippen molar-refractivity contribution >= 4 is 10.8 Å². The second-order valence-electron chi connectivity index (χ2n) is 6.17. The third-order valence-electron chi connectivity index (χ3n) is 4.37. The Bertz CT molecular complexity index is 1140. The van der Waals surface area contributed by atoms with E-state index in [1.54, 1.807) is 67.2 Å². The Kier molecular flexibility index (Phi) is 4.75. The Morgan fingerprint density at radius 3 is 2.11 bits per heavy atom. The molecule has 0 aliphatic heterocycles. The highest BCUT2D eigenvalue weighted by Gasteiger charge is 2.21. The first kappa shape index (κ1) is 18.1. The van der Waals surface area contributed by atoms with E-state index in [2.05, 4.69) is 9.97 Å². The Morgan fingerprint density at radius 2 is 1.50 bits per heavy atom. The van der Waals surface area contributed by atoms with Crippen molar-refractivity contribution in [2.24, 2.45) is 0 Å². The minimum atomic E-state index is -1.09. The molecule has 0 saturated heterocycles. The summed E-state index contributed by atoms with van der Waals surface area (Å²) in [7, 11) is -1.09. The van der Waals surface area contributed by atoms with Crippen molar-refractivity contribution in [2.75, 3.05) is 6.26 Å². The van der Waals surface area contributed by atoms with Crippen LogP contribution in [0.3, 0.4) is 0 Å². The molecule has 7 heteroatoms. The molecule has 0 fully saturated rings. The third kappa shape index (κ3) is 3.32. The van der Waals surface area contributed by atoms with Crippen LogP contribution < -0.4 is 0 Å². The van der Waals surface area contributed by atoms with Crippen molar-refractivity contribution < 1.29 is 13.8 Å². The maximum absolute atomic E-state index is 13.4. The van der Waals surface area contributed by atoms with Gasteiger partial charge in [0.05, 0.1) is 0 Å². The van der Waals surface area contributed by atoms with E-state index in [4.69, 9.17) is 0 Å². The minimum Gasteiger partial charge on any atom is -0.426 e. The summed E-state index contributed by atoms with van der Waals surface area (Å²) in [6, 6.07) is 16.5. The molecule has 4 aromatic rings. The molecule has 5 nitrogen and oxygen atoms in total. The summed E-state index contributed by atoms with van der Waals surface area (Å²) < 4.78 is 26.0. The molecule has 0 radical (unpaired) electrons. The fourth-order valence-corrected chi connectivity index (χ4v) is 3.49. The maximum Gasteiger partial charge on any atom is 0.176 e. The highest BCUT2D eigenvalue weighted by Crippen LogP contribution is 2.35. The Balaban J connectivity index is 1.91. The van der Waals surface area contributed by atoms with Crippen LogP contribution in [0.25, 0.3) is 33.9 Å². The highest BCUT2D eigenvalue weighted by atomic mass is 32.2. The zero-order valence-corrected chi connectivity index (χ0v) is 15.7. The predicted molar refractivity (Wildman–Crippen MR) is 106 cm³/mol. The number of nitrogens with zero attached hydrogens (tertiary/aromatic N) is 3. The quantitative estimate of drug-likeness (QED) is 0.522. The van der Waals surface area contributed by atoms with Crippen LogP contribution in [-0.2, 0) is 10.8 Å². The normalized spacial score (nSPS) is 12.1. The SMILES string of the molecule is CS(=O)c1ccc(-c2nc(-c3ccc(F)cc3)c(-c3ccncc3)n2O)cc1. The van der Waals surface area contributed by atoms with Gasteiger partial charge in [-0.1, -0.05) is 0 Å². The average molecular weight is 393 g/mol.